The quantitative estimate of drug-likeness (QED) is 0.757. The number of aromatic nitrogens is 2. The molecule has 1 N–H and O–H groups in total. The van der Waals surface area contributed by atoms with E-state index in [1.165, 1.54) is 18.4 Å². The van der Waals surface area contributed by atoms with Crippen LogP contribution in [0, 0.1) is 0 Å². The normalized spacial score (nSPS) is 28.4. The van der Waals surface area contributed by atoms with Crippen molar-refractivity contribution in [1.82, 2.24) is 20.0 Å². The van der Waals surface area contributed by atoms with Gasteiger partial charge in [-0.15, -0.1) is 0 Å². The van der Waals surface area contributed by atoms with E-state index in [9.17, 15) is 8.42 Å². The van der Waals surface area contributed by atoms with Crippen LogP contribution in [0.3, 0.4) is 0 Å². The van der Waals surface area contributed by atoms with Crippen molar-refractivity contribution >= 4 is 9.84 Å². The number of sulfone groups is 1. The van der Waals surface area contributed by atoms with E-state index in [1.807, 2.05) is 24.1 Å². The van der Waals surface area contributed by atoms with Crippen LogP contribution in [0.4, 0.5) is 0 Å². The summed E-state index contributed by atoms with van der Waals surface area (Å²) in [5.74, 6) is 0.619. The maximum Gasteiger partial charge on any atom is 0.153 e. The van der Waals surface area contributed by atoms with Gasteiger partial charge < -0.3 is 5.32 Å². The second-order valence-electron chi connectivity index (χ2n) is 6.57. The van der Waals surface area contributed by atoms with Crippen LogP contribution < -0.4 is 5.32 Å². The Hall–Kier alpha value is -0.920. The molecule has 0 unspecified atom stereocenters. The van der Waals surface area contributed by atoms with Crippen molar-refractivity contribution in [3.05, 3.63) is 18.0 Å². The van der Waals surface area contributed by atoms with Gasteiger partial charge in [-0.05, 0) is 50.9 Å². The van der Waals surface area contributed by atoms with Gasteiger partial charge in [-0.3, -0.25) is 9.58 Å². The predicted molar refractivity (Wildman–Crippen MR) is 86.6 cm³/mol. The molecule has 2 saturated heterocycles. The van der Waals surface area contributed by atoms with Crippen LogP contribution in [0.15, 0.2) is 12.4 Å². The second-order valence-corrected chi connectivity index (χ2v) is 8.73. The average molecular weight is 326 g/mol. The first-order valence-electron chi connectivity index (χ1n) is 8.19. The molecule has 124 valence electrons. The van der Waals surface area contributed by atoms with Gasteiger partial charge in [0, 0.05) is 25.3 Å². The van der Waals surface area contributed by atoms with Crippen molar-refractivity contribution in [1.29, 1.82) is 0 Å². The Morgan fingerprint density at radius 1 is 1.32 bits per heavy atom. The van der Waals surface area contributed by atoms with E-state index in [1.54, 1.807) is 0 Å². The minimum Gasteiger partial charge on any atom is -0.311 e. The molecule has 0 radical (unpaired) electrons. The zero-order valence-corrected chi connectivity index (χ0v) is 14.1. The van der Waals surface area contributed by atoms with Crippen molar-refractivity contribution < 1.29 is 8.42 Å². The van der Waals surface area contributed by atoms with Crippen molar-refractivity contribution in [3.63, 3.8) is 0 Å². The van der Waals surface area contributed by atoms with E-state index < -0.39 is 9.84 Å². The first-order chi connectivity index (χ1) is 10.5. The first-order valence-corrected chi connectivity index (χ1v) is 10.0. The van der Waals surface area contributed by atoms with Crippen LogP contribution in [0.1, 0.15) is 24.8 Å². The lowest BCUT2D eigenvalue weighted by atomic mass is 10.1. The number of rotatable bonds is 6. The van der Waals surface area contributed by atoms with E-state index in [4.69, 9.17) is 0 Å². The number of aryl methyl sites for hydroxylation is 2. The van der Waals surface area contributed by atoms with Gasteiger partial charge >= 0.3 is 0 Å². The van der Waals surface area contributed by atoms with Gasteiger partial charge in [0.25, 0.3) is 0 Å². The molecule has 1 aromatic heterocycles. The minimum atomic E-state index is -2.89. The lowest BCUT2D eigenvalue weighted by Gasteiger charge is -2.28. The van der Waals surface area contributed by atoms with Crippen molar-refractivity contribution in [2.45, 2.75) is 37.8 Å². The van der Waals surface area contributed by atoms with Crippen LogP contribution in [-0.2, 0) is 23.3 Å². The molecule has 0 aromatic carbocycles. The summed E-state index contributed by atoms with van der Waals surface area (Å²) in [4.78, 5) is 2.36. The van der Waals surface area contributed by atoms with Gasteiger partial charge in [0.15, 0.2) is 9.84 Å². The summed E-state index contributed by atoms with van der Waals surface area (Å²) in [6, 6.07) is 0.267. The molecule has 0 bridgehead atoms. The highest BCUT2D eigenvalue weighted by Crippen LogP contribution is 2.22. The lowest BCUT2D eigenvalue weighted by molar-refractivity contribution is 0.226. The van der Waals surface area contributed by atoms with E-state index in [0.29, 0.717) is 11.5 Å². The summed E-state index contributed by atoms with van der Waals surface area (Å²) < 4.78 is 25.8. The van der Waals surface area contributed by atoms with E-state index in [0.717, 1.165) is 32.5 Å². The SMILES string of the molecule is Cn1cc(CCCN[C@@H]2CS(=O)(=O)C[C@H]2N2CCCC2)cn1. The molecule has 22 heavy (non-hydrogen) atoms. The van der Waals surface area contributed by atoms with Gasteiger partial charge in [0.05, 0.1) is 17.7 Å². The van der Waals surface area contributed by atoms with Crippen LogP contribution in [0.2, 0.25) is 0 Å². The first kappa shape index (κ1) is 16.0. The Morgan fingerprint density at radius 3 is 2.77 bits per heavy atom. The summed E-state index contributed by atoms with van der Waals surface area (Å²) in [6.45, 7) is 2.96. The molecule has 6 nitrogen and oxygen atoms in total. The number of hydrogen-bond acceptors (Lipinski definition) is 5. The fourth-order valence-electron chi connectivity index (χ4n) is 3.64. The molecule has 0 aliphatic carbocycles. The molecular formula is C15H26N4O2S. The summed E-state index contributed by atoms with van der Waals surface area (Å²) in [5.41, 5.74) is 1.24. The molecule has 1 aromatic rings. The van der Waals surface area contributed by atoms with Crippen LogP contribution >= 0.6 is 0 Å². The zero-order chi connectivity index (χ0) is 15.6. The highest BCUT2D eigenvalue weighted by atomic mass is 32.2. The molecule has 7 heteroatoms. The Bertz CT molecular complexity index is 592. The summed E-state index contributed by atoms with van der Waals surface area (Å²) in [5, 5.41) is 7.66. The third-order valence-electron chi connectivity index (χ3n) is 4.74. The molecule has 2 aliphatic rings. The van der Waals surface area contributed by atoms with Crippen LogP contribution in [-0.4, -0.2) is 66.3 Å². The minimum absolute atomic E-state index is 0.0944. The Balaban J connectivity index is 1.49. The molecular weight excluding hydrogens is 300 g/mol. The molecule has 3 rings (SSSR count). The number of nitrogens with one attached hydrogen (secondary N) is 1. The van der Waals surface area contributed by atoms with Gasteiger partial charge in [0.1, 0.15) is 0 Å². The van der Waals surface area contributed by atoms with Gasteiger partial charge in [-0.1, -0.05) is 0 Å². The summed E-state index contributed by atoms with van der Waals surface area (Å²) in [7, 11) is -0.963. The largest absolute Gasteiger partial charge is 0.311 e. The number of nitrogens with zero attached hydrogens (tertiary/aromatic N) is 3. The maximum atomic E-state index is 12.0. The smallest absolute Gasteiger partial charge is 0.153 e. The zero-order valence-electron chi connectivity index (χ0n) is 13.2. The standard InChI is InChI=1S/C15H26N4O2S/c1-18-10-13(9-17-18)5-4-6-16-14-11-22(20,21)12-15(14)19-7-2-3-8-19/h9-10,14-16H,2-8,11-12H2,1H3/t14-,15-/m1/s1. The maximum absolute atomic E-state index is 12.0. The highest BCUT2D eigenvalue weighted by molar-refractivity contribution is 7.91. The van der Waals surface area contributed by atoms with Crippen molar-refractivity contribution in [3.8, 4) is 0 Å². The monoisotopic (exact) mass is 326 g/mol. The topological polar surface area (TPSA) is 67.2 Å². The molecule has 2 fully saturated rings. The van der Waals surface area contributed by atoms with E-state index >= 15 is 0 Å². The van der Waals surface area contributed by atoms with E-state index in [2.05, 4.69) is 15.3 Å². The molecule has 3 heterocycles. The van der Waals surface area contributed by atoms with Crippen LogP contribution in [0.5, 0.6) is 0 Å². The fraction of sp³-hybridized carbons (Fsp3) is 0.800. The second kappa shape index (κ2) is 6.68. The third-order valence-corrected chi connectivity index (χ3v) is 6.46. The van der Waals surface area contributed by atoms with Gasteiger partial charge in [0.2, 0.25) is 0 Å². The molecule has 0 amide bonds. The number of hydrogen-bond donors (Lipinski definition) is 1. The molecule has 0 spiro atoms. The Morgan fingerprint density at radius 2 is 2.09 bits per heavy atom. The Labute approximate surface area is 132 Å². The van der Waals surface area contributed by atoms with Crippen LogP contribution in [0.25, 0.3) is 0 Å². The van der Waals surface area contributed by atoms with E-state index in [-0.39, 0.29) is 12.1 Å². The molecule has 2 aliphatic heterocycles. The summed E-state index contributed by atoms with van der Waals surface area (Å²) in [6.07, 6.45) is 8.32. The fourth-order valence-corrected chi connectivity index (χ4v) is 5.62. The predicted octanol–water partition coefficient (Wildman–Crippen LogP) is 0.204. The highest BCUT2D eigenvalue weighted by Gasteiger charge is 2.41. The number of likely N-dealkylation sites (tertiary alicyclic amines) is 1. The van der Waals surface area contributed by atoms with Gasteiger partial charge in [-0.2, -0.15) is 5.10 Å². The van der Waals surface area contributed by atoms with Crippen molar-refractivity contribution in [2.24, 2.45) is 7.05 Å². The molecule has 2 atom stereocenters. The lowest BCUT2D eigenvalue weighted by Crippen LogP contribution is -2.48. The Kier molecular flexibility index (Phi) is 4.84. The van der Waals surface area contributed by atoms with Crippen molar-refractivity contribution in [2.75, 3.05) is 31.1 Å². The average Bonchev–Trinajstić information content (AvgIpc) is 3.15. The van der Waals surface area contributed by atoms with Gasteiger partial charge in [-0.25, -0.2) is 8.42 Å². The third kappa shape index (κ3) is 3.88. The molecule has 0 saturated carbocycles. The summed E-state index contributed by atoms with van der Waals surface area (Å²) >= 11 is 0.